The van der Waals surface area contributed by atoms with Crippen molar-refractivity contribution in [2.45, 2.75) is 32.7 Å². The Hall–Kier alpha value is -2.86. The first-order valence-electron chi connectivity index (χ1n) is 10.0. The van der Waals surface area contributed by atoms with E-state index in [-0.39, 0.29) is 18.4 Å². The van der Waals surface area contributed by atoms with Crippen LogP contribution in [-0.2, 0) is 11.2 Å². The van der Waals surface area contributed by atoms with Crippen molar-refractivity contribution in [2.24, 2.45) is 5.92 Å². The van der Waals surface area contributed by atoms with Gasteiger partial charge < -0.3 is 14.8 Å². The van der Waals surface area contributed by atoms with E-state index >= 15 is 0 Å². The molecule has 30 heavy (non-hydrogen) atoms. The van der Waals surface area contributed by atoms with Crippen LogP contribution >= 0.6 is 11.3 Å². The van der Waals surface area contributed by atoms with Gasteiger partial charge in [0.15, 0.2) is 11.5 Å². The zero-order valence-corrected chi connectivity index (χ0v) is 18.7. The van der Waals surface area contributed by atoms with Gasteiger partial charge in [0.1, 0.15) is 5.01 Å². The molecule has 1 unspecified atom stereocenters. The van der Waals surface area contributed by atoms with Gasteiger partial charge in [0, 0.05) is 10.9 Å². The molecular weight excluding hydrogens is 396 g/mol. The molecule has 2 aromatic carbocycles. The van der Waals surface area contributed by atoms with Gasteiger partial charge in [-0.25, -0.2) is 4.98 Å². The Bertz CT molecular complexity index is 970. The molecule has 1 atom stereocenters. The molecule has 6 heteroatoms. The van der Waals surface area contributed by atoms with Crippen LogP contribution in [0, 0.1) is 5.92 Å². The summed E-state index contributed by atoms with van der Waals surface area (Å²) in [5.41, 5.74) is 2.83. The van der Waals surface area contributed by atoms with Gasteiger partial charge in [-0.05, 0) is 36.1 Å². The van der Waals surface area contributed by atoms with Gasteiger partial charge in [0.2, 0.25) is 5.91 Å². The number of hydrogen-bond acceptors (Lipinski definition) is 5. The summed E-state index contributed by atoms with van der Waals surface area (Å²) in [5.74, 6) is 1.79. The first kappa shape index (κ1) is 21.8. The summed E-state index contributed by atoms with van der Waals surface area (Å²) in [7, 11) is 3.22. The van der Waals surface area contributed by atoms with Gasteiger partial charge >= 0.3 is 0 Å². The standard InChI is InChI=1S/C24H28N2O3S/c1-16(2)12-20(17-8-6-5-7-9-17)26-23(27)14-19-15-30-24(25-19)18-10-11-21(28-3)22(13-18)29-4/h5-11,13,15-16,20H,12,14H2,1-4H3,(H,26,27). The van der Waals surface area contributed by atoms with Crippen molar-refractivity contribution in [3.05, 3.63) is 65.2 Å². The molecule has 0 aliphatic heterocycles. The second-order valence-corrected chi connectivity index (χ2v) is 8.41. The molecule has 0 fully saturated rings. The quantitative estimate of drug-likeness (QED) is 0.508. The molecule has 158 valence electrons. The van der Waals surface area contributed by atoms with Crippen molar-refractivity contribution in [1.82, 2.24) is 10.3 Å². The first-order valence-corrected chi connectivity index (χ1v) is 10.9. The molecule has 0 saturated heterocycles. The third kappa shape index (κ3) is 5.60. The minimum absolute atomic E-state index is 0.00246. The highest BCUT2D eigenvalue weighted by atomic mass is 32.1. The number of benzene rings is 2. The number of carbonyl (C=O) groups is 1. The molecule has 5 nitrogen and oxygen atoms in total. The van der Waals surface area contributed by atoms with Crippen LogP contribution in [0.25, 0.3) is 10.6 Å². The molecular formula is C24H28N2O3S. The molecule has 0 aliphatic rings. The second-order valence-electron chi connectivity index (χ2n) is 7.55. The van der Waals surface area contributed by atoms with E-state index in [0.717, 1.165) is 28.2 Å². The summed E-state index contributed by atoms with van der Waals surface area (Å²) in [6, 6.07) is 15.8. The summed E-state index contributed by atoms with van der Waals surface area (Å²) in [4.78, 5) is 17.4. The molecule has 1 aromatic heterocycles. The van der Waals surface area contributed by atoms with Crippen LogP contribution in [0.5, 0.6) is 11.5 Å². The molecule has 0 spiro atoms. The topological polar surface area (TPSA) is 60.5 Å². The zero-order valence-electron chi connectivity index (χ0n) is 17.8. The Morgan fingerprint density at radius 3 is 2.47 bits per heavy atom. The van der Waals surface area contributed by atoms with Crippen LogP contribution in [0.4, 0.5) is 0 Å². The van der Waals surface area contributed by atoms with Gasteiger partial charge in [-0.1, -0.05) is 44.2 Å². The lowest BCUT2D eigenvalue weighted by Crippen LogP contribution is -2.30. The van der Waals surface area contributed by atoms with Crippen LogP contribution in [0.15, 0.2) is 53.9 Å². The van der Waals surface area contributed by atoms with E-state index in [1.165, 1.54) is 11.3 Å². The molecule has 0 radical (unpaired) electrons. The summed E-state index contributed by atoms with van der Waals surface area (Å²) >= 11 is 1.52. The average Bonchev–Trinajstić information content (AvgIpc) is 3.21. The molecule has 0 aliphatic carbocycles. The molecule has 3 aromatic rings. The number of nitrogens with one attached hydrogen (secondary N) is 1. The van der Waals surface area contributed by atoms with E-state index in [1.54, 1.807) is 14.2 Å². The van der Waals surface area contributed by atoms with Crippen molar-refractivity contribution in [3.8, 4) is 22.1 Å². The third-order valence-electron chi connectivity index (χ3n) is 4.77. The van der Waals surface area contributed by atoms with Gasteiger partial charge in [0.25, 0.3) is 0 Å². The second kappa shape index (κ2) is 10.3. The van der Waals surface area contributed by atoms with E-state index in [0.29, 0.717) is 17.4 Å². The monoisotopic (exact) mass is 424 g/mol. The summed E-state index contributed by atoms with van der Waals surface area (Å²) in [6.45, 7) is 4.33. The highest BCUT2D eigenvalue weighted by Crippen LogP contribution is 2.33. The van der Waals surface area contributed by atoms with Gasteiger partial charge in [-0.3, -0.25) is 4.79 Å². The highest BCUT2D eigenvalue weighted by Gasteiger charge is 2.17. The number of ether oxygens (including phenoxy) is 2. The van der Waals surface area contributed by atoms with Crippen LogP contribution in [0.3, 0.4) is 0 Å². The molecule has 3 rings (SSSR count). The number of rotatable bonds is 9. The Morgan fingerprint density at radius 1 is 1.07 bits per heavy atom. The van der Waals surface area contributed by atoms with Crippen LogP contribution < -0.4 is 14.8 Å². The fourth-order valence-electron chi connectivity index (χ4n) is 3.33. The van der Waals surface area contributed by atoms with Gasteiger partial charge in [-0.15, -0.1) is 11.3 Å². The smallest absolute Gasteiger partial charge is 0.226 e. The molecule has 1 amide bonds. The number of methoxy groups -OCH3 is 2. The maximum absolute atomic E-state index is 12.7. The number of thiazole rings is 1. The summed E-state index contributed by atoms with van der Waals surface area (Å²) < 4.78 is 10.7. The Morgan fingerprint density at radius 2 is 1.80 bits per heavy atom. The van der Waals surface area contributed by atoms with Crippen molar-refractivity contribution >= 4 is 17.2 Å². The third-order valence-corrected chi connectivity index (χ3v) is 5.71. The number of hydrogen-bond donors (Lipinski definition) is 1. The predicted octanol–water partition coefficient (Wildman–Crippen LogP) is 5.27. The van der Waals surface area contributed by atoms with Crippen molar-refractivity contribution in [2.75, 3.05) is 14.2 Å². The number of carbonyl (C=O) groups excluding carboxylic acids is 1. The van der Waals surface area contributed by atoms with E-state index in [4.69, 9.17) is 9.47 Å². The normalized spacial score (nSPS) is 11.9. The van der Waals surface area contributed by atoms with Gasteiger partial charge in [-0.2, -0.15) is 0 Å². The van der Waals surface area contributed by atoms with E-state index < -0.39 is 0 Å². The summed E-state index contributed by atoms with van der Waals surface area (Å²) in [5, 5.41) is 5.97. The Kier molecular flexibility index (Phi) is 7.46. The van der Waals surface area contributed by atoms with Crippen LogP contribution in [-0.4, -0.2) is 25.1 Å². The maximum atomic E-state index is 12.7. The van der Waals surface area contributed by atoms with E-state index in [2.05, 4.69) is 36.3 Å². The molecule has 0 bridgehead atoms. The lowest BCUT2D eigenvalue weighted by molar-refractivity contribution is -0.121. The van der Waals surface area contributed by atoms with Crippen molar-refractivity contribution in [1.29, 1.82) is 0 Å². The number of nitrogens with zero attached hydrogens (tertiary/aromatic N) is 1. The SMILES string of the molecule is COc1ccc(-c2nc(CC(=O)NC(CC(C)C)c3ccccc3)cs2)cc1OC. The Labute approximate surface area is 182 Å². The van der Waals surface area contributed by atoms with Gasteiger partial charge in [0.05, 0.1) is 32.4 Å². The predicted molar refractivity (Wildman–Crippen MR) is 121 cm³/mol. The fourth-order valence-corrected chi connectivity index (χ4v) is 4.15. The molecule has 1 heterocycles. The highest BCUT2D eigenvalue weighted by molar-refractivity contribution is 7.13. The number of amides is 1. The van der Waals surface area contributed by atoms with E-state index in [9.17, 15) is 4.79 Å². The molecule has 0 saturated carbocycles. The van der Waals surface area contributed by atoms with Crippen molar-refractivity contribution in [3.63, 3.8) is 0 Å². The lowest BCUT2D eigenvalue weighted by Gasteiger charge is -2.21. The minimum atomic E-state index is -0.0198. The Balaban J connectivity index is 1.69. The van der Waals surface area contributed by atoms with Crippen LogP contribution in [0.1, 0.15) is 37.6 Å². The summed E-state index contributed by atoms with van der Waals surface area (Å²) in [6.07, 6.45) is 1.15. The number of aromatic nitrogens is 1. The zero-order chi connectivity index (χ0) is 21.5. The fraction of sp³-hybridized carbons (Fsp3) is 0.333. The van der Waals surface area contributed by atoms with Crippen molar-refractivity contribution < 1.29 is 14.3 Å². The minimum Gasteiger partial charge on any atom is -0.493 e. The first-order chi connectivity index (χ1) is 14.5. The lowest BCUT2D eigenvalue weighted by atomic mass is 9.97. The maximum Gasteiger partial charge on any atom is 0.226 e. The molecule has 1 N–H and O–H groups in total. The van der Waals surface area contributed by atoms with E-state index in [1.807, 2.05) is 41.8 Å². The van der Waals surface area contributed by atoms with Crippen LogP contribution in [0.2, 0.25) is 0 Å². The largest absolute Gasteiger partial charge is 0.493 e. The average molecular weight is 425 g/mol.